The molecule has 0 bridgehead atoms. The van der Waals surface area contributed by atoms with Crippen LogP contribution in [0.3, 0.4) is 0 Å². The van der Waals surface area contributed by atoms with Gasteiger partial charge in [-0.1, -0.05) is 6.42 Å². The van der Waals surface area contributed by atoms with Crippen molar-refractivity contribution in [1.29, 1.82) is 0 Å². The SMILES string of the molecule is N[C@@H]1CCC[C@H]1CC(=O)NCC1COCCO1. The van der Waals surface area contributed by atoms with E-state index >= 15 is 0 Å². The van der Waals surface area contributed by atoms with E-state index in [2.05, 4.69) is 5.32 Å². The van der Waals surface area contributed by atoms with E-state index in [1.807, 2.05) is 0 Å². The minimum atomic E-state index is 0.00458. The number of nitrogens with one attached hydrogen (secondary N) is 1. The van der Waals surface area contributed by atoms with Gasteiger partial charge in [0.1, 0.15) is 0 Å². The van der Waals surface area contributed by atoms with Crippen molar-refractivity contribution in [1.82, 2.24) is 5.32 Å². The highest BCUT2D eigenvalue weighted by molar-refractivity contribution is 5.76. The smallest absolute Gasteiger partial charge is 0.220 e. The average Bonchev–Trinajstić information content (AvgIpc) is 2.74. The topological polar surface area (TPSA) is 73.6 Å². The van der Waals surface area contributed by atoms with Crippen LogP contribution < -0.4 is 11.1 Å². The molecule has 1 amide bonds. The van der Waals surface area contributed by atoms with Gasteiger partial charge in [0.25, 0.3) is 0 Å². The van der Waals surface area contributed by atoms with E-state index in [0.29, 0.717) is 38.7 Å². The predicted molar refractivity (Wildman–Crippen MR) is 63.5 cm³/mol. The molecule has 0 radical (unpaired) electrons. The van der Waals surface area contributed by atoms with Gasteiger partial charge >= 0.3 is 0 Å². The Morgan fingerprint density at radius 2 is 2.24 bits per heavy atom. The Kier molecular flexibility index (Phi) is 4.76. The van der Waals surface area contributed by atoms with Crippen molar-refractivity contribution in [2.45, 2.75) is 37.8 Å². The molecule has 5 nitrogen and oxygen atoms in total. The fourth-order valence-corrected chi connectivity index (χ4v) is 2.51. The molecule has 2 fully saturated rings. The first-order valence-corrected chi connectivity index (χ1v) is 6.47. The molecule has 98 valence electrons. The molecule has 0 spiro atoms. The molecule has 2 aliphatic rings. The molecule has 1 saturated carbocycles. The molecule has 0 aromatic carbocycles. The number of amides is 1. The Labute approximate surface area is 102 Å². The van der Waals surface area contributed by atoms with Crippen LogP contribution in [0.25, 0.3) is 0 Å². The first-order valence-electron chi connectivity index (χ1n) is 6.47. The molecule has 1 saturated heterocycles. The molecule has 1 heterocycles. The van der Waals surface area contributed by atoms with Crippen LogP contribution in [-0.2, 0) is 14.3 Å². The summed E-state index contributed by atoms with van der Waals surface area (Å²) in [6, 6.07) is 0.204. The van der Waals surface area contributed by atoms with Crippen molar-refractivity contribution in [3.63, 3.8) is 0 Å². The predicted octanol–water partition coefficient (Wildman–Crippen LogP) is 0.0355. The highest BCUT2D eigenvalue weighted by atomic mass is 16.6. The van der Waals surface area contributed by atoms with Gasteiger partial charge in [-0.3, -0.25) is 4.79 Å². The van der Waals surface area contributed by atoms with Gasteiger partial charge in [-0.25, -0.2) is 0 Å². The molecule has 2 rings (SSSR count). The first-order chi connectivity index (χ1) is 8.25. The Balaban J connectivity index is 1.63. The van der Waals surface area contributed by atoms with Crippen LogP contribution >= 0.6 is 0 Å². The summed E-state index contributed by atoms with van der Waals surface area (Å²) < 4.78 is 10.7. The Hall–Kier alpha value is -0.650. The zero-order valence-corrected chi connectivity index (χ0v) is 10.2. The van der Waals surface area contributed by atoms with Gasteiger partial charge in [0.05, 0.1) is 25.9 Å². The summed E-state index contributed by atoms with van der Waals surface area (Å²) in [5.41, 5.74) is 5.94. The minimum Gasteiger partial charge on any atom is -0.376 e. The maximum Gasteiger partial charge on any atom is 0.220 e. The summed E-state index contributed by atoms with van der Waals surface area (Å²) in [5.74, 6) is 0.444. The number of carbonyl (C=O) groups is 1. The lowest BCUT2D eigenvalue weighted by molar-refractivity contribution is -0.124. The number of hydrogen-bond acceptors (Lipinski definition) is 4. The molecule has 1 aliphatic heterocycles. The first kappa shape index (κ1) is 12.8. The third kappa shape index (κ3) is 3.94. The second kappa shape index (κ2) is 6.33. The summed E-state index contributed by atoms with van der Waals surface area (Å²) in [6.07, 6.45) is 3.84. The Morgan fingerprint density at radius 3 is 2.88 bits per heavy atom. The molecule has 3 N–H and O–H groups in total. The third-order valence-electron chi connectivity index (χ3n) is 3.58. The van der Waals surface area contributed by atoms with Crippen LogP contribution in [0.15, 0.2) is 0 Å². The van der Waals surface area contributed by atoms with Crippen LogP contribution in [0.5, 0.6) is 0 Å². The molecule has 0 aromatic heterocycles. The normalized spacial score (nSPS) is 33.6. The fourth-order valence-electron chi connectivity index (χ4n) is 2.51. The lowest BCUT2D eigenvalue weighted by Gasteiger charge is -2.23. The molecule has 3 atom stereocenters. The van der Waals surface area contributed by atoms with Crippen LogP contribution in [0.2, 0.25) is 0 Å². The van der Waals surface area contributed by atoms with Crippen LogP contribution in [0, 0.1) is 5.92 Å². The van der Waals surface area contributed by atoms with Crippen LogP contribution in [0.4, 0.5) is 0 Å². The second-order valence-corrected chi connectivity index (χ2v) is 4.93. The monoisotopic (exact) mass is 242 g/mol. The van der Waals surface area contributed by atoms with E-state index in [1.54, 1.807) is 0 Å². The van der Waals surface area contributed by atoms with Crippen molar-refractivity contribution >= 4 is 5.91 Å². The maximum absolute atomic E-state index is 11.7. The summed E-state index contributed by atoms with van der Waals surface area (Å²) in [6.45, 7) is 2.39. The number of ether oxygens (including phenoxy) is 2. The second-order valence-electron chi connectivity index (χ2n) is 4.93. The van der Waals surface area contributed by atoms with E-state index in [9.17, 15) is 4.79 Å². The molecular formula is C12H22N2O3. The summed E-state index contributed by atoms with van der Waals surface area (Å²) in [7, 11) is 0. The van der Waals surface area contributed by atoms with Crippen molar-refractivity contribution in [3.05, 3.63) is 0 Å². The highest BCUT2D eigenvalue weighted by Gasteiger charge is 2.26. The van der Waals surface area contributed by atoms with E-state index < -0.39 is 0 Å². The van der Waals surface area contributed by atoms with Gasteiger partial charge in [-0.2, -0.15) is 0 Å². The largest absolute Gasteiger partial charge is 0.376 e. The third-order valence-corrected chi connectivity index (χ3v) is 3.58. The quantitative estimate of drug-likeness (QED) is 0.730. The van der Waals surface area contributed by atoms with Crippen LogP contribution in [0.1, 0.15) is 25.7 Å². The summed E-state index contributed by atoms with van der Waals surface area (Å²) >= 11 is 0. The van der Waals surface area contributed by atoms with E-state index in [-0.39, 0.29) is 18.1 Å². The lowest BCUT2D eigenvalue weighted by Crippen LogP contribution is -2.40. The van der Waals surface area contributed by atoms with Gasteiger partial charge in [0, 0.05) is 19.0 Å². The number of nitrogens with two attached hydrogens (primary N) is 1. The zero-order valence-electron chi connectivity index (χ0n) is 10.2. The van der Waals surface area contributed by atoms with Gasteiger partial charge in [-0.05, 0) is 18.8 Å². The Bertz CT molecular complexity index is 254. The summed E-state index contributed by atoms with van der Waals surface area (Å²) in [5, 5.41) is 2.90. The molecular weight excluding hydrogens is 220 g/mol. The van der Waals surface area contributed by atoms with Gasteiger partial charge in [-0.15, -0.1) is 0 Å². The number of carbonyl (C=O) groups excluding carboxylic acids is 1. The summed E-state index contributed by atoms with van der Waals surface area (Å²) in [4.78, 5) is 11.7. The number of hydrogen-bond donors (Lipinski definition) is 2. The standard InChI is InChI=1S/C12H22N2O3/c13-11-3-1-2-9(11)6-12(15)14-7-10-8-16-4-5-17-10/h9-11H,1-8,13H2,(H,14,15)/t9-,10?,11+/m0/s1. The van der Waals surface area contributed by atoms with Crippen molar-refractivity contribution in [2.24, 2.45) is 11.7 Å². The van der Waals surface area contributed by atoms with E-state index in [0.717, 1.165) is 19.3 Å². The molecule has 1 aliphatic carbocycles. The lowest BCUT2D eigenvalue weighted by atomic mass is 10.00. The van der Waals surface area contributed by atoms with Crippen LogP contribution in [-0.4, -0.2) is 44.4 Å². The molecule has 5 heteroatoms. The Morgan fingerprint density at radius 1 is 1.35 bits per heavy atom. The average molecular weight is 242 g/mol. The highest BCUT2D eigenvalue weighted by Crippen LogP contribution is 2.26. The molecule has 1 unspecified atom stereocenters. The van der Waals surface area contributed by atoms with Crippen molar-refractivity contribution < 1.29 is 14.3 Å². The number of rotatable bonds is 4. The van der Waals surface area contributed by atoms with Crippen molar-refractivity contribution in [3.8, 4) is 0 Å². The van der Waals surface area contributed by atoms with Gasteiger partial charge < -0.3 is 20.5 Å². The van der Waals surface area contributed by atoms with Gasteiger partial charge in [0.2, 0.25) is 5.91 Å². The zero-order chi connectivity index (χ0) is 12.1. The minimum absolute atomic E-state index is 0.00458. The van der Waals surface area contributed by atoms with E-state index in [4.69, 9.17) is 15.2 Å². The molecule has 17 heavy (non-hydrogen) atoms. The van der Waals surface area contributed by atoms with Gasteiger partial charge in [0.15, 0.2) is 0 Å². The molecule has 0 aromatic rings. The van der Waals surface area contributed by atoms with E-state index in [1.165, 1.54) is 0 Å². The van der Waals surface area contributed by atoms with Crippen molar-refractivity contribution in [2.75, 3.05) is 26.4 Å². The maximum atomic E-state index is 11.7. The fraction of sp³-hybridized carbons (Fsp3) is 0.917.